The molecular formula is C15H15BrF2N2. The lowest BCUT2D eigenvalue weighted by Gasteiger charge is -2.18. The van der Waals surface area contributed by atoms with E-state index in [1.807, 2.05) is 37.2 Å². The van der Waals surface area contributed by atoms with Crippen molar-refractivity contribution in [3.05, 3.63) is 63.6 Å². The zero-order valence-electron chi connectivity index (χ0n) is 11.2. The molecule has 0 heterocycles. The monoisotopic (exact) mass is 340 g/mol. The highest BCUT2D eigenvalue weighted by Crippen LogP contribution is 2.30. The SMILES string of the molecule is CN(C)c1cccc(C(N)c2c(F)ccc(Br)c2F)c1. The number of hydrogen-bond acceptors (Lipinski definition) is 2. The summed E-state index contributed by atoms with van der Waals surface area (Å²) in [5, 5.41) is 0. The molecule has 0 saturated carbocycles. The van der Waals surface area contributed by atoms with Gasteiger partial charge in [0, 0.05) is 25.3 Å². The molecule has 0 aliphatic heterocycles. The first-order valence-electron chi connectivity index (χ1n) is 6.08. The summed E-state index contributed by atoms with van der Waals surface area (Å²) in [6.45, 7) is 0. The molecule has 5 heteroatoms. The van der Waals surface area contributed by atoms with E-state index in [4.69, 9.17) is 5.73 Å². The number of nitrogens with zero attached hydrogens (tertiary/aromatic N) is 1. The average molecular weight is 341 g/mol. The average Bonchev–Trinajstić information content (AvgIpc) is 2.43. The second kappa shape index (κ2) is 5.89. The maximum atomic E-state index is 14.1. The minimum Gasteiger partial charge on any atom is -0.378 e. The highest BCUT2D eigenvalue weighted by atomic mass is 79.9. The van der Waals surface area contributed by atoms with Gasteiger partial charge in [-0.3, -0.25) is 0 Å². The van der Waals surface area contributed by atoms with Crippen molar-refractivity contribution >= 4 is 21.6 Å². The van der Waals surface area contributed by atoms with E-state index < -0.39 is 17.7 Å². The summed E-state index contributed by atoms with van der Waals surface area (Å²) >= 11 is 3.05. The Hall–Kier alpha value is -1.46. The van der Waals surface area contributed by atoms with E-state index in [1.54, 1.807) is 6.07 Å². The van der Waals surface area contributed by atoms with E-state index in [0.717, 1.165) is 5.69 Å². The minimum atomic E-state index is -0.854. The third-order valence-corrected chi connectivity index (χ3v) is 3.75. The first kappa shape index (κ1) is 14.9. The normalized spacial score (nSPS) is 12.3. The molecule has 2 N–H and O–H groups in total. The third-order valence-electron chi connectivity index (χ3n) is 3.14. The zero-order valence-corrected chi connectivity index (χ0v) is 12.8. The van der Waals surface area contributed by atoms with Gasteiger partial charge in [-0.05, 0) is 45.8 Å². The van der Waals surface area contributed by atoms with Crippen LogP contribution in [-0.2, 0) is 0 Å². The largest absolute Gasteiger partial charge is 0.378 e. The van der Waals surface area contributed by atoms with Crippen molar-refractivity contribution in [2.75, 3.05) is 19.0 Å². The van der Waals surface area contributed by atoms with Gasteiger partial charge in [-0.25, -0.2) is 8.78 Å². The predicted octanol–water partition coefficient (Wildman–Crippen LogP) is 3.84. The second-order valence-corrected chi connectivity index (χ2v) is 5.58. The summed E-state index contributed by atoms with van der Waals surface area (Å²) in [4.78, 5) is 1.91. The molecule has 106 valence electrons. The Balaban J connectivity index is 2.49. The third kappa shape index (κ3) is 2.83. The maximum Gasteiger partial charge on any atom is 0.145 e. The van der Waals surface area contributed by atoms with Gasteiger partial charge in [-0.2, -0.15) is 0 Å². The standard InChI is InChI=1S/C15H15BrF2N2/c1-20(2)10-5-3-4-9(8-10)15(19)13-12(17)7-6-11(16)14(13)18/h3-8,15H,19H2,1-2H3. The van der Waals surface area contributed by atoms with Crippen LogP contribution in [0.1, 0.15) is 17.2 Å². The van der Waals surface area contributed by atoms with Crippen LogP contribution in [0.2, 0.25) is 0 Å². The van der Waals surface area contributed by atoms with Crippen molar-refractivity contribution in [1.82, 2.24) is 0 Å². The lowest BCUT2D eigenvalue weighted by atomic mass is 9.98. The number of rotatable bonds is 3. The van der Waals surface area contributed by atoms with Gasteiger partial charge < -0.3 is 10.6 Å². The summed E-state index contributed by atoms with van der Waals surface area (Å²) < 4.78 is 28.2. The van der Waals surface area contributed by atoms with E-state index in [-0.39, 0.29) is 10.0 Å². The van der Waals surface area contributed by atoms with Crippen LogP contribution in [0.5, 0.6) is 0 Å². The first-order chi connectivity index (χ1) is 9.41. The fraction of sp³-hybridized carbons (Fsp3) is 0.200. The van der Waals surface area contributed by atoms with Crippen molar-refractivity contribution in [2.45, 2.75) is 6.04 Å². The van der Waals surface area contributed by atoms with E-state index in [1.165, 1.54) is 12.1 Å². The van der Waals surface area contributed by atoms with Crippen LogP contribution in [0.25, 0.3) is 0 Å². The fourth-order valence-corrected chi connectivity index (χ4v) is 2.34. The van der Waals surface area contributed by atoms with Crippen LogP contribution in [0.15, 0.2) is 40.9 Å². The van der Waals surface area contributed by atoms with Gasteiger partial charge in [-0.15, -0.1) is 0 Å². The Bertz CT molecular complexity index is 629. The molecule has 0 spiro atoms. The Morgan fingerprint density at radius 1 is 1.15 bits per heavy atom. The van der Waals surface area contributed by atoms with Crippen LogP contribution in [0, 0.1) is 11.6 Å². The zero-order chi connectivity index (χ0) is 14.9. The molecule has 0 aliphatic rings. The van der Waals surface area contributed by atoms with Gasteiger partial charge in [0.25, 0.3) is 0 Å². The minimum absolute atomic E-state index is 0.129. The summed E-state index contributed by atoms with van der Waals surface area (Å²) in [5.74, 6) is -1.30. The molecule has 0 bridgehead atoms. The molecule has 0 radical (unpaired) electrons. The molecule has 2 nitrogen and oxygen atoms in total. The quantitative estimate of drug-likeness (QED) is 0.860. The van der Waals surface area contributed by atoms with Crippen LogP contribution < -0.4 is 10.6 Å². The summed E-state index contributed by atoms with van der Waals surface area (Å²) in [6, 6.07) is 8.99. The van der Waals surface area contributed by atoms with Gasteiger partial charge in [-0.1, -0.05) is 12.1 Å². The molecule has 20 heavy (non-hydrogen) atoms. The van der Waals surface area contributed by atoms with Crippen molar-refractivity contribution in [3.63, 3.8) is 0 Å². The number of anilines is 1. The smallest absolute Gasteiger partial charge is 0.145 e. The number of benzene rings is 2. The summed E-state index contributed by atoms with van der Waals surface area (Å²) in [7, 11) is 3.79. The Kier molecular flexibility index (Phi) is 4.40. The Morgan fingerprint density at radius 2 is 1.85 bits per heavy atom. The Morgan fingerprint density at radius 3 is 2.50 bits per heavy atom. The maximum absolute atomic E-state index is 14.1. The number of nitrogens with two attached hydrogens (primary N) is 1. The predicted molar refractivity (Wildman–Crippen MR) is 80.9 cm³/mol. The van der Waals surface area contributed by atoms with Gasteiger partial charge in [0.05, 0.1) is 10.5 Å². The molecule has 1 atom stereocenters. The highest BCUT2D eigenvalue weighted by Gasteiger charge is 2.20. The summed E-state index contributed by atoms with van der Waals surface area (Å²) in [5.41, 5.74) is 7.49. The second-order valence-electron chi connectivity index (χ2n) is 4.72. The van der Waals surface area contributed by atoms with E-state index in [0.29, 0.717) is 5.56 Å². The van der Waals surface area contributed by atoms with E-state index in [9.17, 15) is 8.78 Å². The molecule has 0 saturated heterocycles. The topological polar surface area (TPSA) is 29.3 Å². The van der Waals surface area contributed by atoms with Crippen LogP contribution >= 0.6 is 15.9 Å². The molecule has 0 fully saturated rings. The lowest BCUT2D eigenvalue weighted by Crippen LogP contribution is -2.17. The van der Waals surface area contributed by atoms with Crippen LogP contribution in [0.4, 0.5) is 14.5 Å². The van der Waals surface area contributed by atoms with Crippen LogP contribution in [0.3, 0.4) is 0 Å². The van der Waals surface area contributed by atoms with Crippen molar-refractivity contribution in [2.24, 2.45) is 5.73 Å². The number of hydrogen-bond donors (Lipinski definition) is 1. The molecule has 1 unspecified atom stereocenters. The van der Waals surface area contributed by atoms with Gasteiger partial charge in [0.15, 0.2) is 0 Å². The molecule has 2 aromatic rings. The molecule has 2 aromatic carbocycles. The number of halogens is 3. The van der Waals surface area contributed by atoms with Gasteiger partial charge >= 0.3 is 0 Å². The highest BCUT2D eigenvalue weighted by molar-refractivity contribution is 9.10. The lowest BCUT2D eigenvalue weighted by molar-refractivity contribution is 0.539. The van der Waals surface area contributed by atoms with Gasteiger partial charge in [0.2, 0.25) is 0 Å². The van der Waals surface area contributed by atoms with Crippen molar-refractivity contribution in [1.29, 1.82) is 0 Å². The van der Waals surface area contributed by atoms with Gasteiger partial charge in [0.1, 0.15) is 11.6 Å². The Labute approximate surface area is 125 Å². The molecular weight excluding hydrogens is 326 g/mol. The van der Waals surface area contributed by atoms with E-state index in [2.05, 4.69) is 15.9 Å². The molecule has 0 aromatic heterocycles. The first-order valence-corrected chi connectivity index (χ1v) is 6.87. The molecule has 0 aliphatic carbocycles. The van der Waals surface area contributed by atoms with Crippen molar-refractivity contribution in [3.8, 4) is 0 Å². The van der Waals surface area contributed by atoms with Crippen LogP contribution in [-0.4, -0.2) is 14.1 Å². The van der Waals surface area contributed by atoms with E-state index >= 15 is 0 Å². The summed E-state index contributed by atoms with van der Waals surface area (Å²) in [6.07, 6.45) is 0. The van der Waals surface area contributed by atoms with Crippen molar-refractivity contribution < 1.29 is 8.78 Å². The molecule has 0 amide bonds. The molecule has 2 rings (SSSR count). The fourth-order valence-electron chi connectivity index (χ4n) is 1.99.